The van der Waals surface area contributed by atoms with Crippen LogP contribution in [0.3, 0.4) is 0 Å². The van der Waals surface area contributed by atoms with Gasteiger partial charge in [0, 0.05) is 25.7 Å². The fraction of sp³-hybridized carbons (Fsp3) is 0.346. The highest BCUT2D eigenvalue weighted by molar-refractivity contribution is 5.91. The van der Waals surface area contributed by atoms with Crippen LogP contribution in [0.5, 0.6) is 5.75 Å². The number of anilines is 1. The minimum absolute atomic E-state index is 0.134. The highest BCUT2D eigenvalue weighted by Crippen LogP contribution is 2.26. The number of carbonyl (C=O) groups is 1. The number of ether oxygens (including phenoxy) is 1. The average Bonchev–Trinajstić information content (AvgIpc) is 3.24. The van der Waals surface area contributed by atoms with Crippen LogP contribution in [0.2, 0.25) is 0 Å². The lowest BCUT2D eigenvalue weighted by atomic mass is 10.0. The second kappa shape index (κ2) is 10.4. The van der Waals surface area contributed by atoms with Gasteiger partial charge in [-0.05, 0) is 49.6 Å². The van der Waals surface area contributed by atoms with E-state index < -0.39 is 0 Å². The summed E-state index contributed by atoms with van der Waals surface area (Å²) in [6.45, 7) is 5.21. The summed E-state index contributed by atoms with van der Waals surface area (Å²) in [4.78, 5) is 17.7. The van der Waals surface area contributed by atoms with Crippen LogP contribution in [0, 0.1) is 6.92 Å². The molecule has 1 aliphatic heterocycles. The van der Waals surface area contributed by atoms with E-state index in [-0.39, 0.29) is 12.1 Å². The number of benzene rings is 2. The molecule has 0 spiro atoms. The van der Waals surface area contributed by atoms with Crippen molar-refractivity contribution in [1.82, 2.24) is 9.80 Å². The molecule has 32 heavy (non-hydrogen) atoms. The molecule has 2 aromatic carbocycles. The van der Waals surface area contributed by atoms with Gasteiger partial charge >= 0.3 is 6.03 Å². The second-order valence-electron chi connectivity index (χ2n) is 8.26. The first-order valence-electron chi connectivity index (χ1n) is 11.1. The van der Waals surface area contributed by atoms with Gasteiger partial charge in [-0.3, -0.25) is 4.90 Å². The van der Waals surface area contributed by atoms with Crippen molar-refractivity contribution in [2.45, 2.75) is 38.9 Å². The molecule has 6 nitrogen and oxygen atoms in total. The van der Waals surface area contributed by atoms with Gasteiger partial charge < -0.3 is 19.4 Å². The van der Waals surface area contributed by atoms with Crippen LogP contribution >= 0.6 is 0 Å². The molecule has 0 saturated carbocycles. The van der Waals surface area contributed by atoms with Crippen molar-refractivity contribution >= 4 is 11.7 Å². The van der Waals surface area contributed by atoms with Crippen LogP contribution in [0.25, 0.3) is 0 Å². The number of piperidine rings is 1. The van der Waals surface area contributed by atoms with Crippen molar-refractivity contribution in [2.24, 2.45) is 0 Å². The second-order valence-corrected chi connectivity index (χ2v) is 8.26. The molecule has 0 atom stereocenters. The Bertz CT molecular complexity index is 1010. The first-order valence-corrected chi connectivity index (χ1v) is 11.1. The van der Waals surface area contributed by atoms with Crippen molar-refractivity contribution in [1.29, 1.82) is 0 Å². The van der Waals surface area contributed by atoms with Crippen LogP contribution in [-0.4, -0.2) is 42.1 Å². The van der Waals surface area contributed by atoms with Gasteiger partial charge in [0.1, 0.15) is 17.3 Å². The molecule has 2 amide bonds. The molecule has 1 aromatic heterocycles. The largest absolute Gasteiger partial charge is 0.495 e. The number of hydrogen-bond donors (Lipinski definition) is 1. The smallest absolute Gasteiger partial charge is 0.322 e. The summed E-state index contributed by atoms with van der Waals surface area (Å²) in [5.41, 5.74) is 1.99. The number of furan rings is 1. The fourth-order valence-corrected chi connectivity index (χ4v) is 4.27. The van der Waals surface area contributed by atoms with Crippen LogP contribution in [0.15, 0.2) is 71.1 Å². The van der Waals surface area contributed by atoms with E-state index in [0.29, 0.717) is 18.0 Å². The quantitative estimate of drug-likeness (QED) is 0.550. The first kappa shape index (κ1) is 22.0. The zero-order chi connectivity index (χ0) is 22.3. The van der Waals surface area contributed by atoms with Crippen molar-refractivity contribution in [3.63, 3.8) is 0 Å². The summed E-state index contributed by atoms with van der Waals surface area (Å²) in [6.07, 6.45) is 1.84. The maximum Gasteiger partial charge on any atom is 0.322 e. The molecule has 1 aliphatic rings. The van der Waals surface area contributed by atoms with E-state index in [9.17, 15) is 4.79 Å². The summed E-state index contributed by atoms with van der Waals surface area (Å²) in [6, 6.07) is 21.9. The number of amides is 2. The predicted molar refractivity (Wildman–Crippen MR) is 126 cm³/mol. The van der Waals surface area contributed by atoms with Gasteiger partial charge in [0.15, 0.2) is 0 Å². The number of nitrogens with zero attached hydrogens (tertiary/aromatic N) is 2. The summed E-state index contributed by atoms with van der Waals surface area (Å²) >= 11 is 0. The number of likely N-dealkylation sites (tertiary alicyclic amines) is 1. The Morgan fingerprint density at radius 3 is 2.47 bits per heavy atom. The monoisotopic (exact) mass is 433 g/mol. The third kappa shape index (κ3) is 5.51. The number of aryl methyl sites for hydroxylation is 1. The molecule has 0 aliphatic carbocycles. The molecule has 0 radical (unpaired) electrons. The summed E-state index contributed by atoms with van der Waals surface area (Å²) < 4.78 is 11.2. The Balaban J connectivity index is 1.45. The van der Waals surface area contributed by atoms with E-state index in [0.717, 1.165) is 44.0 Å². The van der Waals surface area contributed by atoms with Gasteiger partial charge in [0.25, 0.3) is 0 Å². The van der Waals surface area contributed by atoms with E-state index in [1.807, 2.05) is 54.3 Å². The molecule has 0 unspecified atom stereocenters. The topological polar surface area (TPSA) is 58.0 Å². The number of nitrogens with one attached hydrogen (secondary N) is 1. The zero-order valence-corrected chi connectivity index (χ0v) is 18.8. The Morgan fingerprint density at radius 2 is 1.78 bits per heavy atom. The first-order chi connectivity index (χ1) is 15.6. The standard InChI is InChI=1S/C26H31N3O3/c1-20-12-13-23(32-20)19-29(26(30)27-24-10-6-7-11-25(24)31-2)22-14-16-28(17-15-22)18-21-8-4-3-5-9-21/h3-13,22H,14-19H2,1-2H3,(H,27,30). The van der Waals surface area contributed by atoms with Crippen LogP contribution in [-0.2, 0) is 13.1 Å². The Kier molecular flexibility index (Phi) is 7.12. The lowest BCUT2D eigenvalue weighted by Gasteiger charge is -2.38. The summed E-state index contributed by atoms with van der Waals surface area (Å²) in [5.74, 6) is 2.29. The van der Waals surface area contributed by atoms with Crippen molar-refractivity contribution in [2.75, 3.05) is 25.5 Å². The fourth-order valence-electron chi connectivity index (χ4n) is 4.27. The van der Waals surface area contributed by atoms with Gasteiger partial charge in [0.2, 0.25) is 0 Å². The molecule has 0 bridgehead atoms. The minimum Gasteiger partial charge on any atom is -0.495 e. The molecule has 2 heterocycles. The van der Waals surface area contributed by atoms with E-state index >= 15 is 0 Å². The maximum atomic E-state index is 13.4. The normalized spacial score (nSPS) is 14.8. The lowest BCUT2D eigenvalue weighted by molar-refractivity contribution is 0.115. The van der Waals surface area contributed by atoms with E-state index in [1.165, 1.54) is 5.56 Å². The van der Waals surface area contributed by atoms with E-state index in [4.69, 9.17) is 9.15 Å². The summed E-state index contributed by atoms with van der Waals surface area (Å²) in [5, 5.41) is 3.04. The number of hydrogen-bond acceptors (Lipinski definition) is 4. The van der Waals surface area contributed by atoms with Crippen LogP contribution < -0.4 is 10.1 Å². The summed E-state index contributed by atoms with van der Waals surface area (Å²) in [7, 11) is 1.61. The highest BCUT2D eigenvalue weighted by Gasteiger charge is 2.29. The predicted octanol–water partition coefficient (Wildman–Crippen LogP) is 5.30. The third-order valence-electron chi connectivity index (χ3n) is 5.98. The molecule has 3 aromatic rings. The Hall–Kier alpha value is -3.25. The highest BCUT2D eigenvalue weighted by atomic mass is 16.5. The van der Waals surface area contributed by atoms with E-state index in [1.54, 1.807) is 7.11 Å². The molecule has 1 N–H and O–H groups in total. The van der Waals surface area contributed by atoms with Gasteiger partial charge in [-0.15, -0.1) is 0 Å². The molecule has 1 fully saturated rings. The molecule has 4 rings (SSSR count). The third-order valence-corrected chi connectivity index (χ3v) is 5.98. The van der Waals surface area contributed by atoms with Gasteiger partial charge in [0.05, 0.1) is 19.3 Å². The van der Waals surface area contributed by atoms with E-state index in [2.05, 4.69) is 34.5 Å². The molecular weight excluding hydrogens is 402 g/mol. The maximum absolute atomic E-state index is 13.4. The SMILES string of the molecule is COc1ccccc1NC(=O)N(Cc1ccc(C)o1)C1CCN(Cc2ccccc2)CC1. The van der Waals surface area contributed by atoms with Crippen molar-refractivity contribution in [3.05, 3.63) is 83.8 Å². The van der Waals surface area contributed by atoms with Gasteiger partial charge in [-0.2, -0.15) is 0 Å². The van der Waals surface area contributed by atoms with Crippen LogP contribution in [0.4, 0.5) is 10.5 Å². The number of rotatable bonds is 7. The zero-order valence-electron chi connectivity index (χ0n) is 18.8. The Labute approximate surface area is 189 Å². The number of carbonyl (C=O) groups excluding carboxylic acids is 1. The molecule has 168 valence electrons. The Morgan fingerprint density at radius 1 is 1.06 bits per heavy atom. The van der Waals surface area contributed by atoms with Gasteiger partial charge in [-0.25, -0.2) is 4.79 Å². The van der Waals surface area contributed by atoms with Gasteiger partial charge in [-0.1, -0.05) is 42.5 Å². The minimum atomic E-state index is -0.134. The van der Waals surface area contributed by atoms with Crippen molar-refractivity contribution < 1.29 is 13.9 Å². The molecule has 1 saturated heterocycles. The lowest BCUT2D eigenvalue weighted by Crippen LogP contribution is -2.48. The number of urea groups is 1. The molecule has 6 heteroatoms. The average molecular weight is 434 g/mol. The van der Waals surface area contributed by atoms with Crippen molar-refractivity contribution in [3.8, 4) is 5.75 Å². The molecular formula is C26H31N3O3. The number of methoxy groups -OCH3 is 1. The van der Waals surface area contributed by atoms with Crippen LogP contribution in [0.1, 0.15) is 29.9 Å². The number of para-hydroxylation sites is 2.